The lowest BCUT2D eigenvalue weighted by Crippen LogP contribution is -2.57. The summed E-state index contributed by atoms with van der Waals surface area (Å²) in [6.45, 7) is 0.220. The van der Waals surface area contributed by atoms with Crippen molar-refractivity contribution in [2.24, 2.45) is 27.2 Å². The molecule has 0 spiro atoms. The van der Waals surface area contributed by atoms with Crippen LogP contribution in [0.5, 0.6) is 5.75 Å². The molecule has 0 aromatic heterocycles. The third-order valence-electron chi connectivity index (χ3n) is 3.45. The maximum Gasteiger partial charge on any atom is 0.275 e. The van der Waals surface area contributed by atoms with Crippen LogP contribution in [0.3, 0.4) is 0 Å². The number of aromatic hydroxyl groups is 1. The van der Waals surface area contributed by atoms with Crippen molar-refractivity contribution in [3.63, 3.8) is 0 Å². The number of nitrogens with zero attached hydrogens (tertiary/aromatic N) is 3. The van der Waals surface area contributed by atoms with E-state index in [4.69, 9.17) is 33.9 Å². The number of aliphatic hydroxyl groups excluding tert-OH is 1. The van der Waals surface area contributed by atoms with Gasteiger partial charge in [0.25, 0.3) is 5.91 Å². The standard InChI is InChI=1S/C15H20ClN7O3.BrH/c16-11-13(18)23(8-2-4-9(25)5-3-8)12(17)10(21-11)14(26)22-15(19)20-6-1-7-24;/h2-5,12,24-25H,1,6-7,17-18H2,(H3,19,20,22,26);1H. The highest BCUT2D eigenvalue weighted by atomic mass is 79.9. The quantitative estimate of drug-likeness (QED) is 0.150. The molecule has 1 unspecified atom stereocenters. The molecule has 1 aromatic carbocycles. The average molecular weight is 463 g/mol. The number of rotatable bonds is 5. The lowest BCUT2D eigenvalue weighted by Gasteiger charge is -2.34. The van der Waals surface area contributed by atoms with Crippen LogP contribution in [0.25, 0.3) is 0 Å². The van der Waals surface area contributed by atoms with Crippen LogP contribution in [0, 0.1) is 0 Å². The van der Waals surface area contributed by atoms with E-state index in [-0.39, 0.29) is 58.5 Å². The summed E-state index contributed by atoms with van der Waals surface area (Å²) in [6.07, 6.45) is -0.621. The Morgan fingerprint density at radius 3 is 2.59 bits per heavy atom. The Kier molecular flexibility index (Phi) is 8.50. The number of nitrogens with two attached hydrogens (primary N) is 3. The molecule has 1 aliphatic rings. The van der Waals surface area contributed by atoms with Gasteiger partial charge in [0.15, 0.2) is 11.1 Å². The van der Waals surface area contributed by atoms with E-state index in [1.54, 1.807) is 12.1 Å². The fraction of sp³-hybridized carbons (Fsp3) is 0.267. The normalized spacial score (nSPS) is 17.3. The fourth-order valence-corrected chi connectivity index (χ4v) is 2.37. The lowest BCUT2D eigenvalue weighted by atomic mass is 10.1. The van der Waals surface area contributed by atoms with E-state index in [9.17, 15) is 9.90 Å². The molecule has 0 fully saturated rings. The summed E-state index contributed by atoms with van der Waals surface area (Å²) in [7, 11) is 0. The maximum atomic E-state index is 12.4. The molecule has 10 nitrogen and oxygen atoms in total. The Morgan fingerprint density at radius 1 is 1.37 bits per heavy atom. The summed E-state index contributed by atoms with van der Waals surface area (Å²) in [5.41, 5.74) is 18.1. The van der Waals surface area contributed by atoms with Gasteiger partial charge < -0.3 is 32.3 Å². The van der Waals surface area contributed by atoms with Gasteiger partial charge in [0, 0.05) is 18.8 Å². The minimum Gasteiger partial charge on any atom is -0.508 e. The third kappa shape index (κ3) is 5.57. The van der Waals surface area contributed by atoms with E-state index in [0.717, 1.165) is 0 Å². The summed E-state index contributed by atoms with van der Waals surface area (Å²) < 4.78 is 0. The van der Waals surface area contributed by atoms with Gasteiger partial charge in [-0.05, 0) is 30.7 Å². The first-order valence-corrected chi connectivity index (χ1v) is 8.02. The number of nitrogens with one attached hydrogen (secondary N) is 1. The molecule has 1 atom stereocenters. The zero-order valence-electron chi connectivity index (χ0n) is 14.2. The molecule has 1 amide bonds. The number of guanidine groups is 1. The molecule has 2 rings (SSSR count). The number of halogens is 2. The second-order valence-corrected chi connectivity index (χ2v) is 5.66. The van der Waals surface area contributed by atoms with Crippen molar-refractivity contribution >= 4 is 51.8 Å². The third-order valence-corrected chi connectivity index (χ3v) is 3.73. The molecule has 0 bridgehead atoms. The molecule has 9 N–H and O–H groups in total. The second-order valence-electron chi connectivity index (χ2n) is 5.30. The molecule has 1 heterocycles. The molecule has 0 aliphatic carbocycles. The van der Waals surface area contributed by atoms with Gasteiger partial charge in [-0.3, -0.25) is 15.1 Å². The van der Waals surface area contributed by atoms with Crippen LogP contribution < -0.4 is 27.4 Å². The van der Waals surface area contributed by atoms with Crippen LogP contribution in [0.4, 0.5) is 5.69 Å². The number of amides is 1. The molecular formula is C15H21BrClN7O3. The number of aliphatic hydroxyl groups is 1. The van der Waals surface area contributed by atoms with Crippen molar-refractivity contribution < 1.29 is 15.0 Å². The second kappa shape index (κ2) is 10.1. The zero-order chi connectivity index (χ0) is 19.3. The van der Waals surface area contributed by atoms with Gasteiger partial charge in [0.05, 0.1) is 0 Å². The van der Waals surface area contributed by atoms with Crippen molar-refractivity contribution in [3.8, 4) is 5.75 Å². The molecule has 27 heavy (non-hydrogen) atoms. The van der Waals surface area contributed by atoms with Crippen LogP contribution >= 0.6 is 28.6 Å². The van der Waals surface area contributed by atoms with Crippen molar-refractivity contribution in [2.45, 2.75) is 12.6 Å². The highest BCUT2D eigenvalue weighted by molar-refractivity contribution is 8.93. The van der Waals surface area contributed by atoms with Gasteiger partial charge in [-0.25, -0.2) is 4.99 Å². The van der Waals surface area contributed by atoms with Gasteiger partial charge in [0.2, 0.25) is 0 Å². The Labute approximate surface area is 171 Å². The molecule has 12 heteroatoms. The van der Waals surface area contributed by atoms with Crippen LogP contribution in [0.1, 0.15) is 6.42 Å². The zero-order valence-corrected chi connectivity index (χ0v) is 16.6. The minimum atomic E-state index is -1.03. The van der Waals surface area contributed by atoms with E-state index < -0.39 is 12.1 Å². The number of phenolic OH excluding ortho intramolecular Hbond substituents is 1. The highest BCUT2D eigenvalue weighted by Crippen LogP contribution is 2.27. The van der Waals surface area contributed by atoms with Gasteiger partial charge in [-0.1, -0.05) is 11.6 Å². The monoisotopic (exact) mass is 461 g/mol. The Balaban J connectivity index is 0.00000364. The van der Waals surface area contributed by atoms with E-state index >= 15 is 0 Å². The number of carbonyl (C=O) groups is 1. The molecule has 0 saturated heterocycles. The first-order chi connectivity index (χ1) is 12.3. The number of hydrogen-bond donors (Lipinski definition) is 6. The van der Waals surface area contributed by atoms with Crippen molar-refractivity contribution in [3.05, 3.63) is 35.2 Å². The summed E-state index contributed by atoms with van der Waals surface area (Å²) in [5, 5.41) is 20.4. The van der Waals surface area contributed by atoms with Crippen LogP contribution in [-0.4, -0.2) is 47.1 Å². The van der Waals surface area contributed by atoms with Gasteiger partial charge >= 0.3 is 0 Å². The smallest absolute Gasteiger partial charge is 0.275 e. The first kappa shape index (κ1) is 22.7. The van der Waals surface area contributed by atoms with E-state index in [1.807, 2.05) is 0 Å². The maximum absolute atomic E-state index is 12.4. The van der Waals surface area contributed by atoms with Crippen LogP contribution in [-0.2, 0) is 4.79 Å². The van der Waals surface area contributed by atoms with E-state index in [0.29, 0.717) is 12.1 Å². The van der Waals surface area contributed by atoms with Gasteiger partial charge in [-0.15, -0.1) is 17.0 Å². The highest BCUT2D eigenvalue weighted by Gasteiger charge is 2.33. The van der Waals surface area contributed by atoms with Crippen molar-refractivity contribution in [1.29, 1.82) is 0 Å². The number of aliphatic imine (C=N–C) groups is 2. The lowest BCUT2D eigenvalue weighted by molar-refractivity contribution is -0.113. The SMILES string of the molecule is Br.NC(=NCCCO)NC(=O)C1=NC(Cl)=C(N)N(c2ccc(O)cc2)C1N. The largest absolute Gasteiger partial charge is 0.508 e. The summed E-state index contributed by atoms with van der Waals surface area (Å²) in [6, 6.07) is 6.02. The van der Waals surface area contributed by atoms with Crippen molar-refractivity contribution in [2.75, 3.05) is 18.1 Å². The number of benzene rings is 1. The molecule has 1 aliphatic heterocycles. The Bertz CT molecular complexity index is 767. The number of phenols is 1. The average Bonchev–Trinajstić information content (AvgIpc) is 2.60. The van der Waals surface area contributed by atoms with Gasteiger partial charge in [0.1, 0.15) is 23.4 Å². The van der Waals surface area contributed by atoms with E-state index in [2.05, 4.69) is 15.3 Å². The van der Waals surface area contributed by atoms with E-state index in [1.165, 1.54) is 17.0 Å². The van der Waals surface area contributed by atoms with Crippen LogP contribution in [0.15, 0.2) is 45.2 Å². The fourth-order valence-electron chi connectivity index (χ4n) is 2.19. The predicted molar refractivity (Wildman–Crippen MR) is 110 cm³/mol. The Hall–Kier alpha value is -2.34. The topological polar surface area (TPSA) is 176 Å². The minimum absolute atomic E-state index is 0. The first-order valence-electron chi connectivity index (χ1n) is 7.65. The molecular weight excluding hydrogens is 442 g/mol. The Morgan fingerprint density at radius 2 is 2.00 bits per heavy atom. The van der Waals surface area contributed by atoms with Crippen LogP contribution in [0.2, 0.25) is 0 Å². The number of hydrogen-bond acceptors (Lipinski definition) is 8. The van der Waals surface area contributed by atoms with Gasteiger partial charge in [-0.2, -0.15) is 0 Å². The predicted octanol–water partition coefficient (Wildman–Crippen LogP) is -0.347. The summed E-state index contributed by atoms with van der Waals surface area (Å²) in [5.74, 6) is -0.692. The molecule has 0 radical (unpaired) electrons. The summed E-state index contributed by atoms with van der Waals surface area (Å²) >= 11 is 6.04. The summed E-state index contributed by atoms with van der Waals surface area (Å²) in [4.78, 5) is 21.7. The molecule has 0 saturated carbocycles. The molecule has 148 valence electrons. The van der Waals surface area contributed by atoms with Crippen molar-refractivity contribution in [1.82, 2.24) is 5.32 Å². The molecule has 1 aromatic rings. The number of anilines is 1. The number of carbonyl (C=O) groups excluding carboxylic acids is 1.